The molecule has 0 bridgehead atoms. The average molecular weight is 271 g/mol. The first-order valence-electron chi connectivity index (χ1n) is 7.34. The Morgan fingerprint density at radius 1 is 1.47 bits per heavy atom. The van der Waals surface area contributed by atoms with Crippen LogP contribution in [0.5, 0.6) is 0 Å². The predicted molar refractivity (Wildman–Crippen MR) is 77.3 cm³/mol. The molecular formula is C14H29N3O2. The van der Waals surface area contributed by atoms with Crippen LogP contribution in [0.4, 0.5) is 4.79 Å². The van der Waals surface area contributed by atoms with Gasteiger partial charge in [0.05, 0.1) is 0 Å². The summed E-state index contributed by atoms with van der Waals surface area (Å²) in [5, 5.41) is 9.78. The van der Waals surface area contributed by atoms with Crippen LogP contribution in [0, 0.1) is 0 Å². The van der Waals surface area contributed by atoms with Crippen molar-refractivity contribution in [3.8, 4) is 0 Å². The molecule has 0 aliphatic carbocycles. The standard InChI is InChI=1S/C14H29N3O2/c1-5-11(16-10-12-7-6-8-15-12)9-17-13(18)19-14(2,3)4/h11-12,15-16H,5-10H2,1-4H3,(H,17,18). The average Bonchev–Trinajstić information content (AvgIpc) is 2.80. The van der Waals surface area contributed by atoms with E-state index in [4.69, 9.17) is 4.74 Å². The van der Waals surface area contributed by atoms with Crippen LogP contribution in [0.1, 0.15) is 47.0 Å². The SMILES string of the molecule is CCC(CNC(=O)OC(C)(C)C)NCC1CCCN1. The first-order chi connectivity index (χ1) is 8.90. The van der Waals surface area contributed by atoms with Gasteiger partial charge in [-0.25, -0.2) is 4.79 Å². The fourth-order valence-corrected chi connectivity index (χ4v) is 2.12. The minimum Gasteiger partial charge on any atom is -0.444 e. The molecule has 5 nitrogen and oxygen atoms in total. The summed E-state index contributed by atoms with van der Waals surface area (Å²) in [6.07, 6.45) is 3.15. The van der Waals surface area contributed by atoms with Gasteiger partial charge in [-0.05, 0) is 46.6 Å². The molecule has 0 aromatic carbocycles. The van der Waals surface area contributed by atoms with Crippen molar-refractivity contribution < 1.29 is 9.53 Å². The van der Waals surface area contributed by atoms with E-state index in [1.165, 1.54) is 12.8 Å². The third-order valence-corrected chi connectivity index (χ3v) is 3.20. The Kier molecular flexibility index (Phi) is 6.58. The van der Waals surface area contributed by atoms with Gasteiger partial charge in [-0.3, -0.25) is 0 Å². The molecule has 5 heteroatoms. The van der Waals surface area contributed by atoms with Crippen molar-refractivity contribution in [1.29, 1.82) is 0 Å². The fraction of sp³-hybridized carbons (Fsp3) is 0.929. The van der Waals surface area contributed by atoms with E-state index in [9.17, 15) is 4.79 Å². The maximum Gasteiger partial charge on any atom is 0.407 e. The van der Waals surface area contributed by atoms with Crippen LogP contribution in [0.25, 0.3) is 0 Å². The second-order valence-electron chi connectivity index (χ2n) is 6.19. The Morgan fingerprint density at radius 2 is 2.21 bits per heavy atom. The zero-order valence-corrected chi connectivity index (χ0v) is 12.7. The largest absolute Gasteiger partial charge is 0.444 e. The topological polar surface area (TPSA) is 62.4 Å². The van der Waals surface area contributed by atoms with E-state index in [0.29, 0.717) is 18.6 Å². The number of hydrogen-bond donors (Lipinski definition) is 3. The number of rotatable bonds is 6. The molecule has 0 aromatic rings. The molecule has 1 aliphatic rings. The van der Waals surface area contributed by atoms with Crippen molar-refractivity contribution in [2.75, 3.05) is 19.6 Å². The minimum atomic E-state index is -0.438. The van der Waals surface area contributed by atoms with Crippen LogP contribution in [0.2, 0.25) is 0 Å². The molecule has 3 N–H and O–H groups in total. The van der Waals surface area contributed by atoms with Crippen LogP contribution in [-0.2, 0) is 4.74 Å². The highest BCUT2D eigenvalue weighted by molar-refractivity contribution is 5.67. The van der Waals surface area contributed by atoms with E-state index in [1.807, 2.05) is 20.8 Å². The molecule has 2 atom stereocenters. The van der Waals surface area contributed by atoms with E-state index >= 15 is 0 Å². The van der Waals surface area contributed by atoms with Gasteiger partial charge in [0.1, 0.15) is 5.60 Å². The monoisotopic (exact) mass is 271 g/mol. The van der Waals surface area contributed by atoms with Crippen molar-refractivity contribution in [3.63, 3.8) is 0 Å². The molecule has 112 valence electrons. The lowest BCUT2D eigenvalue weighted by Crippen LogP contribution is -2.46. The Labute approximate surface area is 116 Å². The van der Waals surface area contributed by atoms with Gasteiger partial charge in [0.15, 0.2) is 0 Å². The van der Waals surface area contributed by atoms with Crippen LogP contribution in [-0.4, -0.2) is 43.4 Å². The molecular weight excluding hydrogens is 242 g/mol. The molecule has 0 radical (unpaired) electrons. The molecule has 0 aromatic heterocycles. The number of amides is 1. The Morgan fingerprint density at radius 3 is 2.74 bits per heavy atom. The Bertz CT molecular complexity index is 270. The Balaban J connectivity index is 2.18. The van der Waals surface area contributed by atoms with Crippen LogP contribution in [0.15, 0.2) is 0 Å². The van der Waals surface area contributed by atoms with Gasteiger partial charge in [0.2, 0.25) is 0 Å². The highest BCUT2D eigenvalue weighted by atomic mass is 16.6. The number of carbonyl (C=O) groups is 1. The van der Waals surface area contributed by atoms with Gasteiger partial charge in [0.25, 0.3) is 0 Å². The fourth-order valence-electron chi connectivity index (χ4n) is 2.12. The second kappa shape index (κ2) is 7.70. The summed E-state index contributed by atoms with van der Waals surface area (Å²) in [4.78, 5) is 11.6. The third-order valence-electron chi connectivity index (χ3n) is 3.20. The lowest BCUT2D eigenvalue weighted by atomic mass is 10.2. The zero-order chi connectivity index (χ0) is 14.3. The van der Waals surface area contributed by atoms with E-state index < -0.39 is 5.60 Å². The zero-order valence-electron chi connectivity index (χ0n) is 12.7. The molecule has 1 fully saturated rings. The first kappa shape index (κ1) is 16.2. The molecule has 0 saturated carbocycles. The summed E-state index contributed by atoms with van der Waals surface area (Å²) in [5.74, 6) is 0. The van der Waals surface area contributed by atoms with Crippen molar-refractivity contribution in [3.05, 3.63) is 0 Å². The maximum atomic E-state index is 11.6. The molecule has 2 unspecified atom stereocenters. The van der Waals surface area contributed by atoms with E-state index in [0.717, 1.165) is 19.5 Å². The smallest absolute Gasteiger partial charge is 0.407 e. The Hall–Kier alpha value is -0.810. The van der Waals surface area contributed by atoms with Crippen LogP contribution < -0.4 is 16.0 Å². The summed E-state index contributed by atoms with van der Waals surface area (Å²) in [7, 11) is 0. The number of alkyl carbamates (subject to hydrolysis) is 1. The summed E-state index contributed by atoms with van der Waals surface area (Å²) < 4.78 is 5.22. The molecule has 0 spiro atoms. The van der Waals surface area contributed by atoms with Gasteiger partial charge in [-0.1, -0.05) is 6.92 Å². The van der Waals surface area contributed by atoms with E-state index in [-0.39, 0.29) is 6.09 Å². The summed E-state index contributed by atoms with van der Waals surface area (Å²) in [6, 6.07) is 0.880. The molecule has 1 aliphatic heterocycles. The molecule has 19 heavy (non-hydrogen) atoms. The summed E-state index contributed by atoms with van der Waals surface area (Å²) in [6.45, 7) is 10.4. The van der Waals surface area contributed by atoms with Crippen LogP contribution in [0.3, 0.4) is 0 Å². The van der Waals surface area contributed by atoms with Crippen molar-refractivity contribution >= 4 is 6.09 Å². The molecule has 1 amide bonds. The van der Waals surface area contributed by atoms with E-state index in [1.54, 1.807) is 0 Å². The second-order valence-corrected chi connectivity index (χ2v) is 6.19. The summed E-state index contributed by atoms with van der Waals surface area (Å²) in [5.41, 5.74) is -0.438. The quantitative estimate of drug-likeness (QED) is 0.687. The van der Waals surface area contributed by atoms with Crippen molar-refractivity contribution in [1.82, 2.24) is 16.0 Å². The maximum absolute atomic E-state index is 11.6. The molecule has 1 rings (SSSR count). The van der Waals surface area contributed by atoms with Gasteiger partial charge < -0.3 is 20.7 Å². The molecule has 1 saturated heterocycles. The highest BCUT2D eigenvalue weighted by Gasteiger charge is 2.18. The third kappa shape index (κ3) is 7.38. The van der Waals surface area contributed by atoms with Crippen molar-refractivity contribution in [2.24, 2.45) is 0 Å². The summed E-state index contributed by atoms with van der Waals surface area (Å²) >= 11 is 0. The highest BCUT2D eigenvalue weighted by Crippen LogP contribution is 2.07. The van der Waals surface area contributed by atoms with Gasteiger partial charge in [-0.15, -0.1) is 0 Å². The lowest BCUT2D eigenvalue weighted by Gasteiger charge is -2.23. The number of ether oxygens (including phenoxy) is 1. The number of nitrogens with one attached hydrogen (secondary N) is 3. The predicted octanol–water partition coefficient (Wildman–Crippen LogP) is 1.63. The molecule has 1 heterocycles. The van der Waals surface area contributed by atoms with Crippen LogP contribution >= 0.6 is 0 Å². The van der Waals surface area contributed by atoms with E-state index in [2.05, 4.69) is 22.9 Å². The first-order valence-corrected chi connectivity index (χ1v) is 7.34. The van der Waals surface area contributed by atoms with Gasteiger partial charge in [-0.2, -0.15) is 0 Å². The lowest BCUT2D eigenvalue weighted by molar-refractivity contribution is 0.0522. The van der Waals surface area contributed by atoms with Crippen molar-refractivity contribution in [2.45, 2.75) is 64.6 Å². The normalized spacial score (nSPS) is 21.2. The minimum absolute atomic E-state index is 0.301. The van der Waals surface area contributed by atoms with Gasteiger partial charge in [0, 0.05) is 25.2 Å². The number of carbonyl (C=O) groups excluding carboxylic acids is 1. The number of hydrogen-bond acceptors (Lipinski definition) is 4. The van der Waals surface area contributed by atoms with Gasteiger partial charge >= 0.3 is 6.09 Å².